The molecule has 0 spiro atoms. The molecular formula is C12H18IN3O. The van der Waals surface area contributed by atoms with Crippen molar-refractivity contribution in [3.05, 3.63) is 15.5 Å². The third kappa shape index (κ3) is 2.13. The van der Waals surface area contributed by atoms with Crippen LogP contribution >= 0.6 is 22.6 Å². The molecule has 5 heteroatoms. The summed E-state index contributed by atoms with van der Waals surface area (Å²) in [7, 11) is 0. The van der Waals surface area contributed by atoms with Gasteiger partial charge in [0.15, 0.2) is 0 Å². The molecule has 0 aromatic carbocycles. The third-order valence-electron chi connectivity index (χ3n) is 3.69. The van der Waals surface area contributed by atoms with Crippen LogP contribution in [-0.2, 0) is 4.74 Å². The number of hydrogen-bond donors (Lipinski definition) is 0. The zero-order valence-corrected chi connectivity index (χ0v) is 12.4. The topological polar surface area (TPSA) is 30.3 Å². The molecule has 0 N–H and O–H groups in total. The Morgan fingerprint density at radius 3 is 2.65 bits per heavy atom. The van der Waals surface area contributed by atoms with E-state index in [2.05, 4.69) is 57.2 Å². The molecule has 0 saturated carbocycles. The van der Waals surface area contributed by atoms with Gasteiger partial charge in [-0.3, -0.25) is 9.58 Å². The Hall–Kier alpha value is -0.140. The smallest absolute Gasteiger partial charge is 0.123 e. The summed E-state index contributed by atoms with van der Waals surface area (Å²) in [4.78, 5) is 2.53. The van der Waals surface area contributed by atoms with Gasteiger partial charge in [-0.1, -0.05) is 0 Å². The molecular weight excluding hydrogens is 329 g/mol. The molecule has 0 atom stereocenters. The average Bonchev–Trinajstić information content (AvgIpc) is 2.49. The van der Waals surface area contributed by atoms with Gasteiger partial charge in [-0.15, -0.1) is 0 Å². The van der Waals surface area contributed by atoms with Crippen molar-refractivity contribution in [2.45, 2.75) is 31.8 Å². The minimum absolute atomic E-state index is 0.453. The highest BCUT2D eigenvalue weighted by atomic mass is 127. The lowest BCUT2D eigenvalue weighted by Gasteiger charge is -2.47. The van der Waals surface area contributed by atoms with Crippen LogP contribution in [0.4, 0.5) is 0 Å². The first kappa shape index (κ1) is 11.9. The molecule has 4 nitrogen and oxygen atoms in total. The molecule has 0 bridgehead atoms. The fourth-order valence-electron chi connectivity index (χ4n) is 2.53. The molecule has 3 rings (SSSR count). The van der Waals surface area contributed by atoms with E-state index in [9.17, 15) is 0 Å². The minimum atomic E-state index is 0.453. The number of likely N-dealkylation sites (tertiary alicyclic amines) is 1. The van der Waals surface area contributed by atoms with Gasteiger partial charge in [0, 0.05) is 30.7 Å². The Kier molecular flexibility index (Phi) is 3.16. The van der Waals surface area contributed by atoms with Gasteiger partial charge >= 0.3 is 0 Å². The first-order chi connectivity index (χ1) is 8.15. The number of ether oxygens (including phenoxy) is 1. The fraction of sp³-hybridized carbons (Fsp3) is 0.750. The maximum atomic E-state index is 5.24. The molecule has 0 radical (unpaired) electrons. The monoisotopic (exact) mass is 347 g/mol. The molecule has 3 heterocycles. The molecule has 1 aromatic rings. The second-order valence-corrected chi connectivity index (χ2v) is 6.38. The lowest BCUT2D eigenvalue weighted by atomic mass is 9.93. The van der Waals surface area contributed by atoms with Crippen molar-refractivity contribution in [2.24, 2.45) is 0 Å². The van der Waals surface area contributed by atoms with E-state index in [4.69, 9.17) is 4.74 Å². The van der Waals surface area contributed by atoms with E-state index in [1.807, 2.05) is 0 Å². The summed E-state index contributed by atoms with van der Waals surface area (Å²) in [6, 6.07) is 3.37. The lowest BCUT2D eigenvalue weighted by Crippen LogP contribution is -2.58. The summed E-state index contributed by atoms with van der Waals surface area (Å²) in [5.41, 5.74) is 1.40. The Balaban J connectivity index is 1.69. The van der Waals surface area contributed by atoms with Crippen molar-refractivity contribution in [2.75, 3.05) is 26.3 Å². The number of hydrogen-bond acceptors (Lipinski definition) is 3. The van der Waals surface area contributed by atoms with Gasteiger partial charge in [0.1, 0.15) is 3.70 Å². The van der Waals surface area contributed by atoms with E-state index in [1.165, 1.54) is 18.8 Å². The summed E-state index contributed by atoms with van der Waals surface area (Å²) in [6.07, 6.45) is 0. The summed E-state index contributed by atoms with van der Waals surface area (Å²) in [5.74, 6) is 0.661. The van der Waals surface area contributed by atoms with Gasteiger partial charge < -0.3 is 4.74 Å². The number of rotatable bonds is 3. The van der Waals surface area contributed by atoms with Crippen LogP contribution in [0, 0.1) is 3.70 Å². The van der Waals surface area contributed by atoms with E-state index in [0.29, 0.717) is 18.0 Å². The standard InChI is InChI=1S/C12H18IN3O/c1-8(2)16-11(3-12(13)14-16)9-4-15(5-9)10-6-17-7-10/h3,8-10H,4-7H2,1-2H3. The van der Waals surface area contributed by atoms with Crippen molar-refractivity contribution < 1.29 is 4.74 Å². The molecule has 0 aliphatic carbocycles. The second kappa shape index (κ2) is 4.51. The summed E-state index contributed by atoms with van der Waals surface area (Å²) in [6.45, 7) is 8.58. The minimum Gasteiger partial charge on any atom is -0.378 e. The average molecular weight is 347 g/mol. The van der Waals surface area contributed by atoms with Gasteiger partial charge in [0.05, 0.1) is 19.3 Å². The molecule has 2 fully saturated rings. The van der Waals surface area contributed by atoms with Crippen LogP contribution in [-0.4, -0.2) is 47.0 Å². The van der Waals surface area contributed by atoms with Crippen molar-refractivity contribution >= 4 is 22.6 Å². The molecule has 0 unspecified atom stereocenters. The van der Waals surface area contributed by atoms with Gasteiger partial charge in [-0.25, -0.2) is 0 Å². The van der Waals surface area contributed by atoms with E-state index in [1.54, 1.807) is 0 Å². The molecule has 2 aliphatic rings. The Bertz CT molecular complexity index is 408. The summed E-state index contributed by atoms with van der Waals surface area (Å²) >= 11 is 2.31. The Morgan fingerprint density at radius 2 is 2.12 bits per heavy atom. The van der Waals surface area contributed by atoms with Gasteiger partial charge in [-0.2, -0.15) is 5.10 Å². The lowest BCUT2D eigenvalue weighted by molar-refractivity contribution is -0.0913. The zero-order chi connectivity index (χ0) is 12.0. The van der Waals surface area contributed by atoms with Crippen LogP contribution in [0.15, 0.2) is 6.07 Å². The van der Waals surface area contributed by atoms with Gasteiger partial charge in [0.25, 0.3) is 0 Å². The molecule has 94 valence electrons. The maximum Gasteiger partial charge on any atom is 0.123 e. The molecule has 0 amide bonds. The SMILES string of the molecule is CC(C)n1nc(I)cc1C1CN(C2COC2)C1. The van der Waals surface area contributed by atoms with Gasteiger partial charge in [0.2, 0.25) is 0 Å². The van der Waals surface area contributed by atoms with E-state index in [-0.39, 0.29) is 0 Å². The number of halogens is 1. The van der Waals surface area contributed by atoms with Crippen molar-refractivity contribution in [3.8, 4) is 0 Å². The quantitative estimate of drug-likeness (QED) is 0.782. The predicted octanol–water partition coefficient (Wildman–Crippen LogP) is 1.87. The highest BCUT2D eigenvalue weighted by Gasteiger charge is 2.38. The van der Waals surface area contributed by atoms with Crippen LogP contribution in [0.1, 0.15) is 31.5 Å². The largest absolute Gasteiger partial charge is 0.378 e. The zero-order valence-electron chi connectivity index (χ0n) is 10.3. The van der Waals surface area contributed by atoms with Crippen molar-refractivity contribution in [1.82, 2.24) is 14.7 Å². The molecule has 17 heavy (non-hydrogen) atoms. The highest BCUT2D eigenvalue weighted by molar-refractivity contribution is 14.1. The first-order valence-corrected chi connectivity index (χ1v) is 7.29. The second-order valence-electron chi connectivity index (χ2n) is 5.27. The maximum absolute atomic E-state index is 5.24. The molecule has 2 saturated heterocycles. The number of nitrogens with zero attached hydrogens (tertiary/aromatic N) is 3. The van der Waals surface area contributed by atoms with E-state index < -0.39 is 0 Å². The highest BCUT2D eigenvalue weighted by Crippen LogP contribution is 2.32. The Morgan fingerprint density at radius 1 is 1.41 bits per heavy atom. The van der Waals surface area contributed by atoms with Crippen LogP contribution in [0.2, 0.25) is 0 Å². The summed E-state index contributed by atoms with van der Waals surface area (Å²) < 4.78 is 8.53. The van der Waals surface area contributed by atoms with Crippen molar-refractivity contribution in [3.63, 3.8) is 0 Å². The van der Waals surface area contributed by atoms with E-state index in [0.717, 1.165) is 16.9 Å². The summed E-state index contributed by atoms with van der Waals surface area (Å²) in [5, 5.41) is 4.58. The normalized spacial score (nSPS) is 22.8. The predicted molar refractivity (Wildman–Crippen MR) is 74.3 cm³/mol. The van der Waals surface area contributed by atoms with Gasteiger partial charge in [-0.05, 0) is 42.5 Å². The third-order valence-corrected chi connectivity index (χ3v) is 4.22. The molecule has 1 aromatic heterocycles. The molecule has 2 aliphatic heterocycles. The van der Waals surface area contributed by atoms with E-state index >= 15 is 0 Å². The van der Waals surface area contributed by atoms with Crippen LogP contribution in [0.5, 0.6) is 0 Å². The van der Waals surface area contributed by atoms with Crippen LogP contribution < -0.4 is 0 Å². The number of aromatic nitrogens is 2. The van der Waals surface area contributed by atoms with Crippen LogP contribution in [0.3, 0.4) is 0 Å². The fourth-order valence-corrected chi connectivity index (χ4v) is 3.08. The Labute approximate surface area is 115 Å². The van der Waals surface area contributed by atoms with Crippen LogP contribution in [0.25, 0.3) is 0 Å². The first-order valence-electron chi connectivity index (χ1n) is 6.22. The van der Waals surface area contributed by atoms with Crippen molar-refractivity contribution in [1.29, 1.82) is 0 Å².